The van der Waals surface area contributed by atoms with Gasteiger partial charge < -0.3 is 0 Å². The summed E-state index contributed by atoms with van der Waals surface area (Å²) in [6.45, 7) is 0. The molecule has 0 amide bonds. The van der Waals surface area contributed by atoms with Gasteiger partial charge in [-0.2, -0.15) is 5.10 Å². The molecule has 2 rings (SSSR count). The van der Waals surface area contributed by atoms with Crippen LogP contribution in [0.2, 0.25) is 0 Å². The SMILES string of the molecule is Cn1c[c]c(-c2ccccn2)n1. The summed E-state index contributed by atoms with van der Waals surface area (Å²) >= 11 is 0. The van der Waals surface area contributed by atoms with E-state index in [1.54, 1.807) is 17.1 Å². The van der Waals surface area contributed by atoms with Crippen LogP contribution >= 0.6 is 0 Å². The molecule has 3 nitrogen and oxygen atoms in total. The molecule has 59 valence electrons. The van der Waals surface area contributed by atoms with Gasteiger partial charge >= 0.3 is 0 Å². The summed E-state index contributed by atoms with van der Waals surface area (Å²) in [5.74, 6) is 0. The molecule has 0 N–H and O–H groups in total. The van der Waals surface area contributed by atoms with E-state index in [0.717, 1.165) is 11.4 Å². The van der Waals surface area contributed by atoms with Crippen LogP contribution in [0.4, 0.5) is 0 Å². The first-order chi connectivity index (χ1) is 5.86. The lowest BCUT2D eigenvalue weighted by molar-refractivity contribution is 0.770. The molecule has 0 bridgehead atoms. The number of aromatic nitrogens is 3. The highest BCUT2D eigenvalue weighted by Crippen LogP contribution is 2.10. The maximum Gasteiger partial charge on any atom is 0.119 e. The molecule has 0 aliphatic rings. The molecule has 0 spiro atoms. The predicted molar refractivity (Wildman–Crippen MR) is 45.3 cm³/mol. The van der Waals surface area contributed by atoms with Crippen LogP contribution in [-0.2, 0) is 7.05 Å². The van der Waals surface area contributed by atoms with Crippen LogP contribution in [0.5, 0.6) is 0 Å². The second-order valence-corrected chi connectivity index (χ2v) is 2.51. The Morgan fingerprint density at radius 3 is 2.92 bits per heavy atom. The van der Waals surface area contributed by atoms with E-state index in [-0.39, 0.29) is 0 Å². The zero-order valence-corrected chi connectivity index (χ0v) is 6.73. The summed E-state index contributed by atoms with van der Waals surface area (Å²) in [5.41, 5.74) is 1.65. The van der Waals surface area contributed by atoms with Gasteiger partial charge in [0, 0.05) is 25.5 Å². The Labute approximate surface area is 70.7 Å². The van der Waals surface area contributed by atoms with Crippen LogP contribution in [0.3, 0.4) is 0 Å². The molecule has 0 aliphatic carbocycles. The van der Waals surface area contributed by atoms with Crippen molar-refractivity contribution in [3.05, 3.63) is 36.7 Å². The molecule has 0 aliphatic heterocycles. The van der Waals surface area contributed by atoms with E-state index in [2.05, 4.69) is 16.1 Å². The summed E-state index contributed by atoms with van der Waals surface area (Å²) in [6.07, 6.45) is 3.53. The highest BCUT2D eigenvalue weighted by atomic mass is 15.2. The van der Waals surface area contributed by atoms with Crippen LogP contribution in [-0.4, -0.2) is 14.8 Å². The van der Waals surface area contributed by atoms with E-state index >= 15 is 0 Å². The van der Waals surface area contributed by atoms with Crippen molar-refractivity contribution in [2.75, 3.05) is 0 Å². The molecule has 3 heteroatoms. The third-order valence-electron chi connectivity index (χ3n) is 1.55. The fourth-order valence-electron chi connectivity index (χ4n) is 0.998. The number of hydrogen-bond donors (Lipinski definition) is 0. The Balaban J connectivity index is 2.45. The van der Waals surface area contributed by atoms with Gasteiger partial charge in [0.15, 0.2) is 0 Å². The average molecular weight is 158 g/mol. The van der Waals surface area contributed by atoms with E-state index in [9.17, 15) is 0 Å². The lowest BCUT2D eigenvalue weighted by atomic mass is 10.3. The minimum Gasteiger partial charge on any atom is -0.274 e. The van der Waals surface area contributed by atoms with E-state index in [1.165, 1.54) is 0 Å². The number of nitrogens with zero attached hydrogens (tertiary/aromatic N) is 3. The second-order valence-electron chi connectivity index (χ2n) is 2.51. The van der Waals surface area contributed by atoms with Gasteiger partial charge in [-0.1, -0.05) is 6.07 Å². The monoisotopic (exact) mass is 158 g/mol. The van der Waals surface area contributed by atoms with Crippen molar-refractivity contribution in [1.29, 1.82) is 0 Å². The predicted octanol–water partition coefficient (Wildman–Crippen LogP) is 1.28. The molecular weight excluding hydrogens is 150 g/mol. The molecule has 2 aromatic rings. The van der Waals surface area contributed by atoms with Gasteiger partial charge in [0.1, 0.15) is 5.69 Å². The van der Waals surface area contributed by atoms with Crippen molar-refractivity contribution in [2.45, 2.75) is 0 Å². The minimum absolute atomic E-state index is 0.790. The van der Waals surface area contributed by atoms with Crippen molar-refractivity contribution in [2.24, 2.45) is 7.05 Å². The standard InChI is InChI=1S/C9H8N3/c1-12-7-5-9(11-12)8-4-2-3-6-10-8/h2-4,6-7H,1H3. The maximum absolute atomic E-state index is 4.18. The van der Waals surface area contributed by atoms with Crippen molar-refractivity contribution < 1.29 is 0 Å². The van der Waals surface area contributed by atoms with Crippen LogP contribution in [0.1, 0.15) is 0 Å². The highest BCUT2D eigenvalue weighted by molar-refractivity contribution is 5.51. The first-order valence-corrected chi connectivity index (χ1v) is 3.69. The van der Waals surface area contributed by atoms with E-state index in [4.69, 9.17) is 0 Å². The summed E-state index contributed by atoms with van der Waals surface area (Å²) < 4.78 is 1.71. The Kier molecular flexibility index (Phi) is 1.63. The number of rotatable bonds is 1. The molecule has 2 aromatic heterocycles. The van der Waals surface area contributed by atoms with Gasteiger partial charge in [-0.15, -0.1) is 0 Å². The van der Waals surface area contributed by atoms with Gasteiger partial charge in [-0.3, -0.25) is 9.67 Å². The van der Waals surface area contributed by atoms with Crippen LogP contribution < -0.4 is 0 Å². The number of hydrogen-bond acceptors (Lipinski definition) is 2. The zero-order chi connectivity index (χ0) is 8.39. The molecule has 2 heterocycles. The molecule has 0 unspecified atom stereocenters. The topological polar surface area (TPSA) is 30.7 Å². The van der Waals surface area contributed by atoms with Crippen LogP contribution in [0.15, 0.2) is 30.6 Å². The second kappa shape index (κ2) is 2.77. The van der Waals surface area contributed by atoms with Crippen LogP contribution in [0, 0.1) is 6.07 Å². The zero-order valence-electron chi connectivity index (χ0n) is 6.73. The maximum atomic E-state index is 4.18. The van der Waals surface area contributed by atoms with Crippen molar-refractivity contribution in [1.82, 2.24) is 14.8 Å². The molecular formula is C9H8N3. The molecule has 0 saturated carbocycles. The summed E-state index contributed by atoms with van der Waals surface area (Å²) in [7, 11) is 1.86. The number of aryl methyl sites for hydroxylation is 1. The molecule has 1 radical (unpaired) electrons. The lowest BCUT2D eigenvalue weighted by Crippen LogP contribution is -1.88. The molecule has 0 saturated heterocycles. The van der Waals surface area contributed by atoms with Crippen molar-refractivity contribution >= 4 is 0 Å². The quantitative estimate of drug-likeness (QED) is 0.626. The summed E-state index contributed by atoms with van der Waals surface area (Å²) in [5, 5.41) is 4.18. The third-order valence-corrected chi connectivity index (χ3v) is 1.55. The fraction of sp³-hybridized carbons (Fsp3) is 0.111. The Morgan fingerprint density at radius 1 is 1.42 bits per heavy atom. The summed E-state index contributed by atoms with van der Waals surface area (Å²) in [4.78, 5) is 4.16. The molecule has 0 aromatic carbocycles. The van der Waals surface area contributed by atoms with Crippen LogP contribution in [0.25, 0.3) is 11.4 Å². The third kappa shape index (κ3) is 1.21. The lowest BCUT2D eigenvalue weighted by Gasteiger charge is -1.92. The molecule has 0 fully saturated rings. The van der Waals surface area contributed by atoms with Gasteiger partial charge in [-0.25, -0.2) is 0 Å². The Morgan fingerprint density at radius 2 is 2.33 bits per heavy atom. The van der Waals surface area contributed by atoms with Crippen molar-refractivity contribution in [3.63, 3.8) is 0 Å². The van der Waals surface area contributed by atoms with Gasteiger partial charge in [-0.05, 0) is 12.1 Å². The molecule has 12 heavy (non-hydrogen) atoms. The fourth-order valence-corrected chi connectivity index (χ4v) is 0.998. The largest absolute Gasteiger partial charge is 0.274 e. The van der Waals surface area contributed by atoms with Gasteiger partial charge in [0.2, 0.25) is 0 Å². The Hall–Kier alpha value is -1.64. The smallest absolute Gasteiger partial charge is 0.119 e. The van der Waals surface area contributed by atoms with Crippen molar-refractivity contribution in [3.8, 4) is 11.4 Å². The van der Waals surface area contributed by atoms with E-state index < -0.39 is 0 Å². The minimum atomic E-state index is 0.790. The Bertz CT molecular complexity index is 364. The molecule has 0 atom stereocenters. The highest BCUT2D eigenvalue weighted by Gasteiger charge is 2.00. The first-order valence-electron chi connectivity index (χ1n) is 3.69. The average Bonchev–Trinajstić information content (AvgIpc) is 2.54. The van der Waals surface area contributed by atoms with Gasteiger partial charge in [0.25, 0.3) is 0 Å². The summed E-state index contributed by atoms with van der Waals surface area (Å²) in [6, 6.07) is 8.74. The van der Waals surface area contributed by atoms with E-state index in [0.29, 0.717) is 0 Å². The normalized spacial score (nSPS) is 10.1. The first kappa shape index (κ1) is 7.03. The van der Waals surface area contributed by atoms with E-state index in [1.807, 2.05) is 25.2 Å². The van der Waals surface area contributed by atoms with Gasteiger partial charge in [0.05, 0.1) is 5.69 Å². The number of pyridine rings is 1.